The number of nitrogen functional groups attached to an aromatic ring is 1. The van der Waals surface area contributed by atoms with Gasteiger partial charge in [-0.05, 0) is 20.3 Å². The summed E-state index contributed by atoms with van der Waals surface area (Å²) in [6.07, 6.45) is 0.968. The summed E-state index contributed by atoms with van der Waals surface area (Å²) in [4.78, 5) is 14.2. The number of nitrogens with one attached hydrogen (secondary N) is 1. The van der Waals surface area contributed by atoms with Gasteiger partial charge in [0.2, 0.25) is 17.8 Å². The third-order valence-electron chi connectivity index (χ3n) is 2.37. The number of rotatable bonds is 4. The van der Waals surface area contributed by atoms with Gasteiger partial charge >= 0.3 is 0 Å². The Hall–Kier alpha value is -1.59. The van der Waals surface area contributed by atoms with Crippen molar-refractivity contribution in [3.05, 3.63) is 0 Å². The van der Waals surface area contributed by atoms with E-state index in [4.69, 9.17) is 5.73 Å². The first-order chi connectivity index (χ1) is 7.34. The monoisotopic (exact) mass is 224 g/mol. The minimum Gasteiger partial charge on any atom is -0.368 e. The minimum absolute atomic E-state index is 0.0582. The normalized spacial score (nSPS) is 11.3. The molecule has 1 rings (SSSR count). The SMILES string of the molecule is CCC(C)(C)Nc1nc(N)nc(N(C)C)n1. The lowest BCUT2D eigenvalue weighted by molar-refractivity contribution is 0.542. The molecule has 16 heavy (non-hydrogen) atoms. The van der Waals surface area contributed by atoms with Gasteiger partial charge in [0.05, 0.1) is 0 Å². The van der Waals surface area contributed by atoms with Crippen LogP contribution in [-0.2, 0) is 0 Å². The van der Waals surface area contributed by atoms with Crippen molar-refractivity contribution < 1.29 is 0 Å². The molecule has 0 amide bonds. The first-order valence-electron chi connectivity index (χ1n) is 5.31. The Morgan fingerprint density at radius 3 is 2.38 bits per heavy atom. The highest BCUT2D eigenvalue weighted by Gasteiger charge is 2.17. The maximum Gasteiger partial charge on any atom is 0.231 e. The van der Waals surface area contributed by atoms with Gasteiger partial charge < -0.3 is 16.0 Å². The van der Waals surface area contributed by atoms with Crippen molar-refractivity contribution in [3.63, 3.8) is 0 Å². The van der Waals surface area contributed by atoms with Crippen LogP contribution in [0, 0.1) is 0 Å². The van der Waals surface area contributed by atoms with E-state index >= 15 is 0 Å². The van der Waals surface area contributed by atoms with Crippen LogP contribution in [0.2, 0.25) is 0 Å². The molecule has 0 atom stereocenters. The Balaban J connectivity index is 2.97. The fourth-order valence-electron chi connectivity index (χ4n) is 1.03. The number of nitrogens with zero attached hydrogens (tertiary/aromatic N) is 4. The topological polar surface area (TPSA) is 80.0 Å². The van der Waals surface area contributed by atoms with E-state index in [0.29, 0.717) is 11.9 Å². The van der Waals surface area contributed by atoms with E-state index in [0.717, 1.165) is 6.42 Å². The summed E-state index contributed by atoms with van der Waals surface area (Å²) < 4.78 is 0. The molecule has 0 spiro atoms. The smallest absolute Gasteiger partial charge is 0.231 e. The molecule has 0 fully saturated rings. The number of hydrogen-bond acceptors (Lipinski definition) is 6. The van der Waals surface area contributed by atoms with E-state index in [1.165, 1.54) is 0 Å². The van der Waals surface area contributed by atoms with E-state index in [-0.39, 0.29) is 11.5 Å². The van der Waals surface area contributed by atoms with Gasteiger partial charge in [-0.15, -0.1) is 0 Å². The second kappa shape index (κ2) is 4.51. The zero-order valence-electron chi connectivity index (χ0n) is 10.6. The van der Waals surface area contributed by atoms with Gasteiger partial charge in [-0.2, -0.15) is 15.0 Å². The highest BCUT2D eigenvalue weighted by atomic mass is 15.3. The third-order valence-corrected chi connectivity index (χ3v) is 2.37. The van der Waals surface area contributed by atoms with Gasteiger partial charge in [0.1, 0.15) is 0 Å². The first kappa shape index (κ1) is 12.5. The lowest BCUT2D eigenvalue weighted by Crippen LogP contribution is -2.31. The summed E-state index contributed by atoms with van der Waals surface area (Å²) in [5.41, 5.74) is 5.57. The van der Waals surface area contributed by atoms with Crippen molar-refractivity contribution in [2.75, 3.05) is 30.0 Å². The van der Waals surface area contributed by atoms with Gasteiger partial charge in [0.15, 0.2) is 0 Å². The van der Waals surface area contributed by atoms with Crippen LogP contribution in [0.15, 0.2) is 0 Å². The molecule has 1 heterocycles. The van der Waals surface area contributed by atoms with E-state index in [1.807, 2.05) is 14.1 Å². The van der Waals surface area contributed by atoms with Crippen molar-refractivity contribution in [2.45, 2.75) is 32.7 Å². The van der Waals surface area contributed by atoms with Gasteiger partial charge in [-0.1, -0.05) is 6.92 Å². The lowest BCUT2D eigenvalue weighted by atomic mass is 10.0. The Labute approximate surface area is 96.3 Å². The van der Waals surface area contributed by atoms with Crippen LogP contribution in [0.1, 0.15) is 27.2 Å². The van der Waals surface area contributed by atoms with Crippen LogP contribution in [0.25, 0.3) is 0 Å². The quantitative estimate of drug-likeness (QED) is 0.797. The van der Waals surface area contributed by atoms with Gasteiger partial charge in [-0.25, -0.2) is 0 Å². The molecule has 0 aromatic carbocycles. The average molecular weight is 224 g/mol. The van der Waals surface area contributed by atoms with Gasteiger partial charge in [0.25, 0.3) is 0 Å². The number of nitrogens with two attached hydrogens (primary N) is 1. The number of hydrogen-bond donors (Lipinski definition) is 2. The van der Waals surface area contributed by atoms with Gasteiger partial charge in [0, 0.05) is 19.6 Å². The molecule has 0 saturated heterocycles. The molecular weight excluding hydrogens is 204 g/mol. The number of anilines is 3. The molecule has 6 nitrogen and oxygen atoms in total. The molecule has 3 N–H and O–H groups in total. The Kier molecular flexibility index (Phi) is 3.51. The predicted octanol–water partition coefficient (Wildman–Crippen LogP) is 1.12. The number of aromatic nitrogens is 3. The molecule has 0 aliphatic carbocycles. The molecule has 1 aromatic rings. The van der Waals surface area contributed by atoms with Crippen molar-refractivity contribution in [1.82, 2.24) is 15.0 Å². The first-order valence-corrected chi connectivity index (χ1v) is 5.31. The summed E-state index contributed by atoms with van der Waals surface area (Å²) in [6, 6.07) is 0. The Bertz CT molecular complexity index is 360. The molecule has 1 aromatic heterocycles. The fraction of sp³-hybridized carbons (Fsp3) is 0.700. The lowest BCUT2D eigenvalue weighted by Gasteiger charge is -2.24. The summed E-state index contributed by atoms with van der Waals surface area (Å²) >= 11 is 0. The van der Waals surface area contributed by atoms with E-state index < -0.39 is 0 Å². The predicted molar refractivity (Wildman–Crippen MR) is 66.6 cm³/mol. The second-order valence-electron chi connectivity index (χ2n) is 4.57. The molecule has 0 aliphatic heterocycles. The maximum atomic E-state index is 5.63. The van der Waals surface area contributed by atoms with Crippen LogP contribution in [0.5, 0.6) is 0 Å². The summed E-state index contributed by atoms with van der Waals surface area (Å²) in [7, 11) is 3.73. The van der Waals surface area contributed by atoms with Crippen LogP contribution in [0.3, 0.4) is 0 Å². The summed E-state index contributed by atoms with van der Waals surface area (Å²) in [5.74, 6) is 1.30. The largest absolute Gasteiger partial charge is 0.368 e. The summed E-state index contributed by atoms with van der Waals surface area (Å²) in [6.45, 7) is 6.27. The van der Waals surface area contributed by atoms with E-state index in [2.05, 4.69) is 41.0 Å². The van der Waals surface area contributed by atoms with Crippen LogP contribution >= 0.6 is 0 Å². The highest BCUT2D eigenvalue weighted by Crippen LogP contribution is 2.16. The maximum absolute atomic E-state index is 5.63. The van der Waals surface area contributed by atoms with Crippen molar-refractivity contribution in [3.8, 4) is 0 Å². The van der Waals surface area contributed by atoms with Crippen molar-refractivity contribution in [2.24, 2.45) is 0 Å². The zero-order valence-corrected chi connectivity index (χ0v) is 10.6. The van der Waals surface area contributed by atoms with Crippen LogP contribution in [-0.4, -0.2) is 34.6 Å². The minimum atomic E-state index is -0.0582. The standard InChI is InChI=1S/C10H20N6/c1-6-10(2,3)15-8-12-7(11)13-9(14-8)16(4)5/h6H2,1-5H3,(H3,11,12,13,14,15). The second-order valence-corrected chi connectivity index (χ2v) is 4.57. The molecule has 0 saturated carbocycles. The molecule has 0 aliphatic rings. The Morgan fingerprint density at radius 1 is 1.25 bits per heavy atom. The Morgan fingerprint density at radius 2 is 1.88 bits per heavy atom. The molecular formula is C10H20N6. The van der Waals surface area contributed by atoms with Crippen LogP contribution < -0.4 is 16.0 Å². The molecule has 0 unspecified atom stereocenters. The van der Waals surface area contributed by atoms with Crippen molar-refractivity contribution in [1.29, 1.82) is 0 Å². The molecule has 0 bridgehead atoms. The third kappa shape index (κ3) is 3.22. The van der Waals surface area contributed by atoms with Crippen molar-refractivity contribution >= 4 is 17.8 Å². The van der Waals surface area contributed by atoms with E-state index in [1.54, 1.807) is 4.90 Å². The zero-order chi connectivity index (χ0) is 12.3. The van der Waals surface area contributed by atoms with E-state index in [9.17, 15) is 0 Å². The fourth-order valence-corrected chi connectivity index (χ4v) is 1.03. The van der Waals surface area contributed by atoms with Crippen LogP contribution in [0.4, 0.5) is 17.8 Å². The molecule has 0 radical (unpaired) electrons. The molecule has 6 heteroatoms. The van der Waals surface area contributed by atoms with Gasteiger partial charge in [-0.3, -0.25) is 0 Å². The average Bonchev–Trinajstić information content (AvgIpc) is 2.16. The molecule has 90 valence electrons. The highest BCUT2D eigenvalue weighted by molar-refractivity contribution is 5.41. The summed E-state index contributed by atoms with van der Waals surface area (Å²) in [5, 5.41) is 3.24.